The van der Waals surface area contributed by atoms with Gasteiger partial charge in [-0.3, -0.25) is 4.79 Å². The fourth-order valence-corrected chi connectivity index (χ4v) is 3.32. The first-order valence-corrected chi connectivity index (χ1v) is 10.5. The Morgan fingerprint density at radius 2 is 1.88 bits per heavy atom. The van der Waals surface area contributed by atoms with Crippen molar-refractivity contribution in [3.63, 3.8) is 0 Å². The maximum Gasteiger partial charge on any atom is 0.271 e. The number of hydrazone groups is 1. The van der Waals surface area contributed by atoms with E-state index in [1.807, 2.05) is 67.6 Å². The molecule has 0 aliphatic rings. The lowest BCUT2D eigenvalue weighted by molar-refractivity contribution is 0.0954. The molecule has 3 aromatic carbocycles. The van der Waals surface area contributed by atoms with Crippen molar-refractivity contribution in [2.24, 2.45) is 5.10 Å². The van der Waals surface area contributed by atoms with Gasteiger partial charge in [0.1, 0.15) is 18.7 Å². The number of tetrazole rings is 1. The van der Waals surface area contributed by atoms with Crippen LogP contribution in [0.3, 0.4) is 0 Å². The second-order valence-corrected chi connectivity index (χ2v) is 7.71. The lowest BCUT2D eigenvalue weighted by atomic mass is 10.1. The van der Waals surface area contributed by atoms with E-state index in [1.54, 1.807) is 16.8 Å². The highest BCUT2D eigenvalue weighted by Crippen LogP contribution is 2.24. The van der Waals surface area contributed by atoms with E-state index in [0.717, 1.165) is 27.0 Å². The van der Waals surface area contributed by atoms with Gasteiger partial charge in [0.15, 0.2) is 0 Å². The molecule has 1 aromatic heterocycles. The van der Waals surface area contributed by atoms with Gasteiger partial charge in [-0.2, -0.15) is 5.10 Å². The quantitative estimate of drug-likeness (QED) is 0.310. The summed E-state index contributed by atoms with van der Waals surface area (Å²) in [4.78, 5) is 12.6. The van der Waals surface area contributed by atoms with Crippen LogP contribution in [0.25, 0.3) is 5.69 Å². The number of carbonyl (C=O) groups is 1. The summed E-state index contributed by atoms with van der Waals surface area (Å²) < 4.78 is 8.27. The van der Waals surface area contributed by atoms with Gasteiger partial charge >= 0.3 is 0 Å². The smallest absolute Gasteiger partial charge is 0.271 e. The zero-order chi connectivity index (χ0) is 22.3. The molecule has 0 atom stereocenters. The largest absolute Gasteiger partial charge is 0.488 e. The standard InChI is InChI=1S/C23H19BrN6O2/c1-16(18-9-11-20(12-10-18)30-15-25-28-29-30)26-27-23(31)19-6-4-5-17(13-19)14-32-22-8-3-2-7-21(22)24/h2-13,15H,14H2,1H3,(H,27,31)/b26-16-. The van der Waals surface area contributed by atoms with Gasteiger partial charge in [-0.05, 0) is 80.8 Å². The second kappa shape index (κ2) is 9.97. The number of carbonyl (C=O) groups excluding carboxylic acids is 1. The van der Waals surface area contributed by atoms with E-state index in [0.29, 0.717) is 17.9 Å². The minimum Gasteiger partial charge on any atom is -0.488 e. The molecule has 4 rings (SSSR count). The van der Waals surface area contributed by atoms with Crippen LogP contribution in [0, 0.1) is 0 Å². The van der Waals surface area contributed by atoms with Crippen LogP contribution in [0.2, 0.25) is 0 Å². The molecule has 0 fully saturated rings. The molecule has 8 nitrogen and oxygen atoms in total. The summed E-state index contributed by atoms with van der Waals surface area (Å²) in [5.74, 6) is 0.450. The molecule has 0 radical (unpaired) electrons. The monoisotopic (exact) mass is 490 g/mol. The molecule has 32 heavy (non-hydrogen) atoms. The molecular weight excluding hydrogens is 472 g/mol. The van der Waals surface area contributed by atoms with Crippen molar-refractivity contribution >= 4 is 27.5 Å². The van der Waals surface area contributed by atoms with E-state index in [9.17, 15) is 4.79 Å². The zero-order valence-electron chi connectivity index (χ0n) is 17.1. The summed E-state index contributed by atoms with van der Waals surface area (Å²) in [6.07, 6.45) is 1.52. The number of ether oxygens (including phenoxy) is 1. The van der Waals surface area contributed by atoms with E-state index in [2.05, 4.69) is 42.0 Å². The highest BCUT2D eigenvalue weighted by Gasteiger charge is 2.08. The van der Waals surface area contributed by atoms with Crippen molar-refractivity contribution in [1.29, 1.82) is 0 Å². The van der Waals surface area contributed by atoms with Crippen LogP contribution in [0.5, 0.6) is 5.75 Å². The van der Waals surface area contributed by atoms with Crippen molar-refractivity contribution in [2.75, 3.05) is 0 Å². The number of nitrogens with zero attached hydrogens (tertiary/aromatic N) is 5. The molecular formula is C23H19BrN6O2. The van der Waals surface area contributed by atoms with E-state index in [-0.39, 0.29) is 5.91 Å². The molecule has 0 aliphatic heterocycles. The Morgan fingerprint density at radius 1 is 1.06 bits per heavy atom. The SMILES string of the molecule is C/C(=N/NC(=O)c1cccc(COc2ccccc2Br)c1)c1ccc(-n2cnnn2)cc1. The summed E-state index contributed by atoms with van der Waals surface area (Å²) in [7, 11) is 0. The molecule has 0 bridgehead atoms. The fraction of sp³-hybridized carbons (Fsp3) is 0.0870. The molecule has 4 aromatic rings. The lowest BCUT2D eigenvalue weighted by Gasteiger charge is -2.09. The number of halogens is 1. The van der Waals surface area contributed by atoms with Crippen molar-refractivity contribution in [1.82, 2.24) is 25.6 Å². The van der Waals surface area contributed by atoms with E-state index in [1.165, 1.54) is 6.33 Å². The Morgan fingerprint density at radius 3 is 2.62 bits per heavy atom. The number of rotatable bonds is 7. The fourth-order valence-electron chi connectivity index (χ4n) is 2.92. The number of hydrogen-bond acceptors (Lipinski definition) is 6. The van der Waals surface area contributed by atoms with Crippen LogP contribution in [-0.2, 0) is 6.61 Å². The van der Waals surface area contributed by atoms with Gasteiger partial charge in [-0.15, -0.1) is 5.10 Å². The van der Waals surface area contributed by atoms with Crippen molar-refractivity contribution < 1.29 is 9.53 Å². The lowest BCUT2D eigenvalue weighted by Crippen LogP contribution is -2.19. The van der Waals surface area contributed by atoms with Crippen molar-refractivity contribution in [3.8, 4) is 11.4 Å². The van der Waals surface area contributed by atoms with Crippen molar-refractivity contribution in [2.45, 2.75) is 13.5 Å². The maximum atomic E-state index is 12.6. The number of benzene rings is 3. The molecule has 0 aliphatic carbocycles. The average molecular weight is 491 g/mol. The van der Waals surface area contributed by atoms with E-state index in [4.69, 9.17) is 4.74 Å². The molecule has 160 valence electrons. The normalized spacial score (nSPS) is 11.2. The van der Waals surface area contributed by atoms with Gasteiger partial charge < -0.3 is 4.74 Å². The van der Waals surface area contributed by atoms with Crippen LogP contribution in [0.15, 0.2) is 88.7 Å². The summed E-state index contributed by atoms with van der Waals surface area (Å²) in [6.45, 7) is 2.17. The van der Waals surface area contributed by atoms with Gasteiger partial charge in [0.2, 0.25) is 0 Å². The van der Waals surface area contributed by atoms with Gasteiger partial charge in [-0.25, -0.2) is 10.1 Å². The average Bonchev–Trinajstić information content (AvgIpc) is 3.37. The second-order valence-electron chi connectivity index (χ2n) is 6.86. The first-order valence-electron chi connectivity index (χ1n) is 9.75. The number of amides is 1. The maximum absolute atomic E-state index is 12.6. The van der Waals surface area contributed by atoms with Crippen LogP contribution < -0.4 is 10.2 Å². The van der Waals surface area contributed by atoms with E-state index < -0.39 is 0 Å². The summed E-state index contributed by atoms with van der Waals surface area (Å²) in [5, 5.41) is 15.3. The molecule has 1 N–H and O–H groups in total. The van der Waals surface area contributed by atoms with Gasteiger partial charge in [0, 0.05) is 5.56 Å². The Kier molecular flexibility index (Phi) is 6.66. The predicted molar refractivity (Wildman–Crippen MR) is 124 cm³/mol. The first-order chi connectivity index (χ1) is 15.6. The summed E-state index contributed by atoms with van der Waals surface area (Å²) in [5.41, 5.74) is 6.38. The molecule has 0 saturated carbocycles. The van der Waals surface area contributed by atoms with E-state index >= 15 is 0 Å². The molecule has 1 amide bonds. The third kappa shape index (κ3) is 5.25. The third-order valence-electron chi connectivity index (χ3n) is 4.64. The Bertz CT molecular complexity index is 1240. The molecule has 0 unspecified atom stereocenters. The minimum atomic E-state index is -0.294. The number of aromatic nitrogens is 4. The van der Waals surface area contributed by atoms with Crippen LogP contribution >= 0.6 is 15.9 Å². The van der Waals surface area contributed by atoms with Crippen LogP contribution in [0.1, 0.15) is 28.4 Å². The Labute approximate surface area is 193 Å². The summed E-state index contributed by atoms with van der Waals surface area (Å²) in [6, 6.07) is 22.4. The number of para-hydroxylation sites is 1. The Hall–Kier alpha value is -3.85. The third-order valence-corrected chi connectivity index (χ3v) is 5.30. The zero-order valence-corrected chi connectivity index (χ0v) is 18.7. The number of hydrogen-bond donors (Lipinski definition) is 1. The Balaban J connectivity index is 1.38. The summed E-state index contributed by atoms with van der Waals surface area (Å²) >= 11 is 3.46. The predicted octanol–water partition coefficient (Wildman–Crippen LogP) is 4.16. The highest BCUT2D eigenvalue weighted by molar-refractivity contribution is 9.10. The molecule has 9 heteroatoms. The van der Waals surface area contributed by atoms with Crippen LogP contribution in [0.4, 0.5) is 0 Å². The van der Waals surface area contributed by atoms with Gasteiger partial charge in [-0.1, -0.05) is 36.4 Å². The van der Waals surface area contributed by atoms with Gasteiger partial charge in [0.25, 0.3) is 5.91 Å². The van der Waals surface area contributed by atoms with Crippen LogP contribution in [-0.4, -0.2) is 31.8 Å². The molecule has 0 spiro atoms. The topological polar surface area (TPSA) is 94.3 Å². The number of nitrogens with one attached hydrogen (secondary N) is 1. The first kappa shape index (κ1) is 21.4. The van der Waals surface area contributed by atoms with Crippen molar-refractivity contribution in [3.05, 3.63) is 100 Å². The molecule has 1 heterocycles. The molecule has 0 saturated heterocycles. The highest BCUT2D eigenvalue weighted by atomic mass is 79.9. The minimum absolute atomic E-state index is 0.294. The van der Waals surface area contributed by atoms with Gasteiger partial charge in [0.05, 0.1) is 15.9 Å².